The summed E-state index contributed by atoms with van der Waals surface area (Å²) in [4.78, 5) is 0. The van der Waals surface area contributed by atoms with Crippen molar-refractivity contribution in [2.24, 2.45) is 5.92 Å². The summed E-state index contributed by atoms with van der Waals surface area (Å²) >= 11 is 0. The monoisotopic (exact) mass is 203 g/mol. The first-order valence-electron chi connectivity index (χ1n) is 6.13. The number of rotatable bonds is 0. The van der Waals surface area contributed by atoms with E-state index in [0.29, 0.717) is 0 Å². The number of benzene rings is 1. The van der Waals surface area contributed by atoms with Crippen molar-refractivity contribution in [1.82, 2.24) is 0 Å². The molecule has 82 valence electrons. The van der Waals surface area contributed by atoms with Crippen LogP contribution in [0, 0.1) is 5.92 Å². The third-order valence-corrected chi connectivity index (χ3v) is 3.43. The summed E-state index contributed by atoms with van der Waals surface area (Å²) in [6, 6.07) is 6.23. The van der Waals surface area contributed by atoms with E-state index in [-0.39, 0.29) is 0 Å². The first-order valence-corrected chi connectivity index (χ1v) is 6.13. The Kier molecular flexibility index (Phi) is 3.30. The van der Waals surface area contributed by atoms with Gasteiger partial charge in [-0.05, 0) is 36.0 Å². The third kappa shape index (κ3) is 2.53. The van der Waals surface area contributed by atoms with Crippen molar-refractivity contribution < 1.29 is 0 Å². The van der Waals surface area contributed by atoms with E-state index in [1.165, 1.54) is 49.7 Å². The van der Waals surface area contributed by atoms with E-state index in [0.717, 1.165) is 11.6 Å². The van der Waals surface area contributed by atoms with Crippen LogP contribution in [0.3, 0.4) is 0 Å². The first-order chi connectivity index (χ1) is 7.27. The highest BCUT2D eigenvalue weighted by Gasteiger charge is 2.18. The highest BCUT2D eigenvalue weighted by molar-refractivity contribution is 5.53. The maximum atomic E-state index is 5.83. The lowest BCUT2D eigenvalue weighted by atomic mass is 10.0. The fraction of sp³-hybridized carbons (Fsp3) is 0.571. The van der Waals surface area contributed by atoms with Crippen molar-refractivity contribution in [2.45, 2.75) is 45.4 Å². The van der Waals surface area contributed by atoms with Gasteiger partial charge in [-0.15, -0.1) is 0 Å². The van der Waals surface area contributed by atoms with E-state index >= 15 is 0 Å². The van der Waals surface area contributed by atoms with Crippen molar-refractivity contribution in [2.75, 3.05) is 5.73 Å². The summed E-state index contributed by atoms with van der Waals surface area (Å²) in [6.45, 7) is 2.28. The predicted octanol–water partition coefficient (Wildman–Crippen LogP) is 3.56. The molecule has 0 spiro atoms. The average molecular weight is 203 g/mol. The molecule has 0 saturated heterocycles. The van der Waals surface area contributed by atoms with Gasteiger partial charge in [-0.2, -0.15) is 0 Å². The molecule has 1 saturated carbocycles. The normalized spacial score (nSPS) is 22.3. The summed E-state index contributed by atoms with van der Waals surface area (Å²) in [6.07, 6.45) is 8.38. The van der Waals surface area contributed by atoms with Crippen LogP contribution in [0.5, 0.6) is 0 Å². The van der Waals surface area contributed by atoms with Gasteiger partial charge < -0.3 is 5.73 Å². The molecule has 1 unspecified atom stereocenters. The molecule has 2 N–H and O–H groups in total. The van der Waals surface area contributed by atoms with Crippen LogP contribution in [0.15, 0.2) is 18.2 Å². The van der Waals surface area contributed by atoms with Gasteiger partial charge in [-0.3, -0.25) is 0 Å². The molecule has 0 heterocycles. The molecule has 3 rings (SSSR count). The minimum Gasteiger partial charge on any atom is -0.398 e. The molecule has 0 aliphatic heterocycles. The Bertz CT molecular complexity index is 322. The number of fused-ring (bicyclic) bond motifs is 1. The lowest BCUT2D eigenvalue weighted by Gasteiger charge is -2.05. The SMILES string of the molecule is C1CCC1.CC1Cc2cccc(N)c2C1. The molecule has 15 heavy (non-hydrogen) atoms. The summed E-state index contributed by atoms with van der Waals surface area (Å²) in [7, 11) is 0. The van der Waals surface area contributed by atoms with Gasteiger partial charge >= 0.3 is 0 Å². The maximum absolute atomic E-state index is 5.83. The lowest BCUT2D eigenvalue weighted by Crippen LogP contribution is -1.93. The van der Waals surface area contributed by atoms with Crippen molar-refractivity contribution >= 4 is 5.69 Å². The molecule has 1 aromatic carbocycles. The summed E-state index contributed by atoms with van der Waals surface area (Å²) in [5, 5.41) is 0. The second kappa shape index (κ2) is 4.69. The Hall–Kier alpha value is -0.980. The highest BCUT2D eigenvalue weighted by Crippen LogP contribution is 2.30. The van der Waals surface area contributed by atoms with Crippen LogP contribution in [-0.2, 0) is 12.8 Å². The quantitative estimate of drug-likeness (QED) is 0.641. The predicted molar refractivity (Wildman–Crippen MR) is 65.9 cm³/mol. The van der Waals surface area contributed by atoms with Crippen LogP contribution in [0.25, 0.3) is 0 Å². The summed E-state index contributed by atoms with van der Waals surface area (Å²) in [5.74, 6) is 0.787. The van der Waals surface area contributed by atoms with E-state index in [2.05, 4.69) is 13.0 Å². The molecule has 0 amide bonds. The molecule has 0 radical (unpaired) electrons. The van der Waals surface area contributed by atoms with E-state index < -0.39 is 0 Å². The Labute approximate surface area is 92.7 Å². The van der Waals surface area contributed by atoms with E-state index in [4.69, 9.17) is 5.73 Å². The maximum Gasteiger partial charge on any atom is 0.0349 e. The average Bonchev–Trinajstić information content (AvgIpc) is 2.44. The van der Waals surface area contributed by atoms with Crippen LogP contribution in [0.1, 0.15) is 43.7 Å². The van der Waals surface area contributed by atoms with Crippen LogP contribution >= 0.6 is 0 Å². The molecule has 2 aliphatic rings. The fourth-order valence-corrected chi connectivity index (χ4v) is 2.14. The van der Waals surface area contributed by atoms with Gasteiger partial charge in [0.05, 0.1) is 0 Å². The van der Waals surface area contributed by atoms with Crippen LogP contribution in [0.4, 0.5) is 5.69 Å². The molecular formula is C14H21N. The zero-order valence-corrected chi connectivity index (χ0v) is 9.63. The largest absolute Gasteiger partial charge is 0.398 e. The topological polar surface area (TPSA) is 26.0 Å². The lowest BCUT2D eigenvalue weighted by molar-refractivity contribution is 0.504. The van der Waals surface area contributed by atoms with Crippen molar-refractivity contribution in [3.05, 3.63) is 29.3 Å². The van der Waals surface area contributed by atoms with Gasteiger partial charge in [0.1, 0.15) is 0 Å². The first kappa shape index (κ1) is 10.5. The van der Waals surface area contributed by atoms with Crippen molar-refractivity contribution in [1.29, 1.82) is 0 Å². The molecular weight excluding hydrogens is 182 g/mol. The number of anilines is 1. The standard InChI is InChI=1S/C10H13N.C4H8/c1-7-5-8-3-2-4-10(11)9(8)6-7;1-2-4-3-1/h2-4,7H,5-6,11H2,1H3;1-4H2. The molecule has 1 heteroatoms. The Morgan fingerprint density at radius 1 is 1.07 bits per heavy atom. The minimum absolute atomic E-state index is 0.787. The molecule has 2 aliphatic carbocycles. The molecule has 1 aromatic rings. The van der Waals surface area contributed by atoms with Gasteiger partial charge in [-0.25, -0.2) is 0 Å². The smallest absolute Gasteiger partial charge is 0.0349 e. The van der Waals surface area contributed by atoms with E-state index in [9.17, 15) is 0 Å². The number of hydrogen-bond donors (Lipinski definition) is 1. The van der Waals surface area contributed by atoms with Crippen molar-refractivity contribution in [3.8, 4) is 0 Å². The number of nitrogens with two attached hydrogens (primary N) is 1. The van der Waals surface area contributed by atoms with Gasteiger partial charge in [0.2, 0.25) is 0 Å². The summed E-state index contributed by atoms with van der Waals surface area (Å²) < 4.78 is 0. The summed E-state index contributed by atoms with van der Waals surface area (Å²) in [5.41, 5.74) is 9.66. The second-order valence-electron chi connectivity index (χ2n) is 4.91. The van der Waals surface area contributed by atoms with Crippen LogP contribution < -0.4 is 5.73 Å². The highest BCUT2D eigenvalue weighted by atomic mass is 14.6. The Morgan fingerprint density at radius 3 is 2.27 bits per heavy atom. The van der Waals surface area contributed by atoms with Crippen LogP contribution in [0.2, 0.25) is 0 Å². The fourth-order valence-electron chi connectivity index (χ4n) is 2.14. The van der Waals surface area contributed by atoms with Gasteiger partial charge in [0, 0.05) is 5.69 Å². The Morgan fingerprint density at radius 2 is 1.73 bits per heavy atom. The Balaban J connectivity index is 0.000000179. The second-order valence-corrected chi connectivity index (χ2v) is 4.91. The number of nitrogen functional groups attached to an aromatic ring is 1. The molecule has 1 atom stereocenters. The van der Waals surface area contributed by atoms with E-state index in [1.54, 1.807) is 0 Å². The molecule has 1 fully saturated rings. The molecule has 0 bridgehead atoms. The van der Waals surface area contributed by atoms with Crippen molar-refractivity contribution in [3.63, 3.8) is 0 Å². The number of hydrogen-bond acceptors (Lipinski definition) is 1. The van der Waals surface area contributed by atoms with E-state index in [1.807, 2.05) is 12.1 Å². The molecule has 0 aromatic heterocycles. The zero-order valence-electron chi connectivity index (χ0n) is 9.63. The molecule has 1 nitrogen and oxygen atoms in total. The minimum atomic E-state index is 0.787. The zero-order chi connectivity index (χ0) is 10.7. The van der Waals surface area contributed by atoms with Crippen LogP contribution in [-0.4, -0.2) is 0 Å². The van der Waals surface area contributed by atoms with Gasteiger partial charge in [0.15, 0.2) is 0 Å². The van der Waals surface area contributed by atoms with Gasteiger partial charge in [-0.1, -0.05) is 44.7 Å². The van der Waals surface area contributed by atoms with Gasteiger partial charge in [0.25, 0.3) is 0 Å². The third-order valence-electron chi connectivity index (χ3n) is 3.43.